The van der Waals surface area contributed by atoms with E-state index in [0.29, 0.717) is 24.8 Å². The zero-order valence-corrected chi connectivity index (χ0v) is 14.4. The molecule has 132 valence electrons. The van der Waals surface area contributed by atoms with Gasteiger partial charge in [0, 0.05) is 19.0 Å². The van der Waals surface area contributed by atoms with Crippen LogP contribution in [0.25, 0.3) is 11.0 Å². The number of methoxy groups -OCH3 is 1. The highest BCUT2D eigenvalue weighted by atomic mass is 16.5. The van der Waals surface area contributed by atoms with Gasteiger partial charge >= 0.3 is 5.97 Å². The Hall–Kier alpha value is -2.37. The number of aryl methyl sites for hydroxylation is 1. The second-order valence-electron chi connectivity index (χ2n) is 7.15. The van der Waals surface area contributed by atoms with E-state index in [4.69, 9.17) is 4.74 Å². The molecule has 4 rings (SSSR count). The summed E-state index contributed by atoms with van der Waals surface area (Å²) in [4.78, 5) is 28.9. The van der Waals surface area contributed by atoms with Crippen LogP contribution in [-0.4, -0.2) is 34.6 Å². The molecule has 1 N–H and O–H groups in total. The van der Waals surface area contributed by atoms with E-state index in [1.54, 1.807) is 6.33 Å². The number of hydrogen-bond acceptors (Lipinski definition) is 4. The molecule has 2 aliphatic carbocycles. The summed E-state index contributed by atoms with van der Waals surface area (Å²) in [5.41, 5.74) is 1.96. The lowest BCUT2D eigenvalue weighted by Crippen LogP contribution is -2.47. The van der Waals surface area contributed by atoms with Crippen molar-refractivity contribution in [3.63, 3.8) is 0 Å². The van der Waals surface area contributed by atoms with E-state index in [1.807, 2.05) is 28.8 Å². The second-order valence-corrected chi connectivity index (χ2v) is 7.15. The first kappa shape index (κ1) is 16.1. The standard InChI is InChI=1S/C19H23N3O3/c1-25-19(24)17-12-6-7-13(10-12)18(17)21-16(23)8-9-22-11-20-14-4-2-3-5-15(14)22/h2-5,11-13,17-18H,6-10H2,1H3,(H,21,23)/t12-,13-,17+,18+/m0/s1. The number of rotatable bonds is 5. The first-order valence-electron chi connectivity index (χ1n) is 8.94. The van der Waals surface area contributed by atoms with Crippen LogP contribution in [0.15, 0.2) is 30.6 Å². The van der Waals surface area contributed by atoms with E-state index in [9.17, 15) is 9.59 Å². The summed E-state index contributed by atoms with van der Waals surface area (Å²) in [5.74, 6) is 0.400. The fourth-order valence-corrected chi connectivity index (χ4v) is 4.64. The smallest absolute Gasteiger partial charge is 0.311 e. The molecule has 0 spiro atoms. The van der Waals surface area contributed by atoms with Crippen LogP contribution in [0, 0.1) is 17.8 Å². The van der Waals surface area contributed by atoms with E-state index in [1.165, 1.54) is 7.11 Å². The summed E-state index contributed by atoms with van der Waals surface area (Å²) in [6.07, 6.45) is 5.33. The van der Waals surface area contributed by atoms with Gasteiger partial charge in [0.2, 0.25) is 5.91 Å². The SMILES string of the molecule is COC(=O)[C@@H]1[C@H]2CC[C@@H](C2)[C@H]1NC(=O)CCn1cnc2ccccc21. The van der Waals surface area contributed by atoms with Crippen LogP contribution in [0.3, 0.4) is 0 Å². The molecule has 1 aromatic carbocycles. The highest BCUT2D eigenvalue weighted by Crippen LogP contribution is 2.48. The zero-order valence-electron chi connectivity index (χ0n) is 14.4. The number of hydrogen-bond donors (Lipinski definition) is 1. The molecule has 0 radical (unpaired) electrons. The van der Waals surface area contributed by atoms with Gasteiger partial charge in [0.15, 0.2) is 0 Å². The molecule has 2 aromatic rings. The van der Waals surface area contributed by atoms with Gasteiger partial charge in [0.1, 0.15) is 0 Å². The third kappa shape index (κ3) is 2.90. The molecule has 1 amide bonds. The molecular weight excluding hydrogens is 318 g/mol. The monoisotopic (exact) mass is 341 g/mol. The zero-order chi connectivity index (χ0) is 17.4. The molecule has 2 fully saturated rings. The van der Waals surface area contributed by atoms with Crippen LogP contribution < -0.4 is 5.32 Å². The first-order chi connectivity index (χ1) is 12.2. The minimum Gasteiger partial charge on any atom is -0.469 e. The van der Waals surface area contributed by atoms with Gasteiger partial charge in [0.05, 0.1) is 30.4 Å². The van der Waals surface area contributed by atoms with E-state index >= 15 is 0 Å². The van der Waals surface area contributed by atoms with Gasteiger partial charge in [0.25, 0.3) is 0 Å². The number of ether oxygens (including phenoxy) is 1. The second kappa shape index (κ2) is 6.50. The number of carbonyl (C=O) groups is 2. The van der Waals surface area contributed by atoms with Crippen molar-refractivity contribution in [3.05, 3.63) is 30.6 Å². The molecule has 1 heterocycles. The molecule has 25 heavy (non-hydrogen) atoms. The average Bonchev–Trinajstić information content (AvgIpc) is 3.34. The Morgan fingerprint density at radius 3 is 2.92 bits per heavy atom. The molecule has 0 saturated heterocycles. The Labute approximate surface area is 146 Å². The number of esters is 1. The van der Waals surface area contributed by atoms with Crippen LogP contribution in [0.5, 0.6) is 0 Å². The van der Waals surface area contributed by atoms with Gasteiger partial charge in [-0.25, -0.2) is 4.98 Å². The Morgan fingerprint density at radius 1 is 1.28 bits per heavy atom. The number of imidazole rings is 1. The van der Waals surface area contributed by atoms with Crippen molar-refractivity contribution >= 4 is 22.9 Å². The fourth-order valence-electron chi connectivity index (χ4n) is 4.64. The van der Waals surface area contributed by atoms with Crippen molar-refractivity contribution in [3.8, 4) is 0 Å². The normalized spacial score (nSPS) is 27.6. The van der Waals surface area contributed by atoms with Crippen molar-refractivity contribution in [2.75, 3.05) is 7.11 Å². The molecule has 1 aromatic heterocycles. The summed E-state index contributed by atoms with van der Waals surface area (Å²) < 4.78 is 6.96. The number of amides is 1. The predicted octanol–water partition coefficient (Wildman–Crippen LogP) is 2.13. The van der Waals surface area contributed by atoms with Crippen molar-refractivity contribution in [2.45, 2.75) is 38.3 Å². The molecule has 2 aliphatic rings. The Balaban J connectivity index is 1.39. The molecule has 2 saturated carbocycles. The van der Waals surface area contributed by atoms with Crippen LogP contribution in [0.2, 0.25) is 0 Å². The molecule has 4 atom stereocenters. The van der Waals surface area contributed by atoms with E-state index in [0.717, 1.165) is 30.3 Å². The maximum atomic E-state index is 12.5. The molecule has 6 heteroatoms. The first-order valence-corrected chi connectivity index (χ1v) is 8.94. The fraction of sp³-hybridized carbons (Fsp3) is 0.526. The van der Waals surface area contributed by atoms with Crippen LogP contribution in [0.4, 0.5) is 0 Å². The van der Waals surface area contributed by atoms with Gasteiger partial charge in [-0.1, -0.05) is 12.1 Å². The van der Waals surface area contributed by atoms with Crippen LogP contribution in [-0.2, 0) is 20.9 Å². The summed E-state index contributed by atoms with van der Waals surface area (Å²) in [6.45, 7) is 0.579. The van der Waals surface area contributed by atoms with E-state index < -0.39 is 0 Å². The van der Waals surface area contributed by atoms with Crippen molar-refractivity contribution in [1.29, 1.82) is 0 Å². The quantitative estimate of drug-likeness (QED) is 0.846. The third-order valence-electron chi connectivity index (χ3n) is 5.82. The highest BCUT2D eigenvalue weighted by molar-refractivity contribution is 5.80. The predicted molar refractivity (Wildman–Crippen MR) is 92.6 cm³/mol. The summed E-state index contributed by atoms with van der Waals surface area (Å²) in [7, 11) is 1.43. The van der Waals surface area contributed by atoms with Crippen molar-refractivity contribution in [2.24, 2.45) is 17.8 Å². The molecular formula is C19H23N3O3. The summed E-state index contributed by atoms with van der Waals surface area (Å²) >= 11 is 0. The number of carbonyl (C=O) groups excluding carboxylic acids is 2. The van der Waals surface area contributed by atoms with Gasteiger partial charge < -0.3 is 14.6 Å². The summed E-state index contributed by atoms with van der Waals surface area (Å²) in [6, 6.07) is 7.81. The lowest BCUT2D eigenvalue weighted by Gasteiger charge is -2.29. The minimum atomic E-state index is -0.182. The number of nitrogens with one attached hydrogen (secondary N) is 1. The van der Waals surface area contributed by atoms with Gasteiger partial charge in [-0.05, 0) is 43.2 Å². The van der Waals surface area contributed by atoms with Crippen molar-refractivity contribution < 1.29 is 14.3 Å². The number of aromatic nitrogens is 2. The highest BCUT2D eigenvalue weighted by Gasteiger charge is 2.51. The number of benzene rings is 1. The van der Waals surface area contributed by atoms with E-state index in [-0.39, 0.29) is 23.8 Å². The molecule has 2 bridgehead atoms. The van der Waals surface area contributed by atoms with Gasteiger partial charge in [-0.3, -0.25) is 9.59 Å². The van der Waals surface area contributed by atoms with Gasteiger partial charge in [-0.15, -0.1) is 0 Å². The topological polar surface area (TPSA) is 73.2 Å². The Kier molecular flexibility index (Phi) is 4.19. The van der Waals surface area contributed by atoms with E-state index in [2.05, 4.69) is 10.3 Å². The maximum Gasteiger partial charge on any atom is 0.311 e. The maximum absolute atomic E-state index is 12.5. The number of fused-ring (bicyclic) bond motifs is 3. The van der Waals surface area contributed by atoms with Crippen molar-refractivity contribution in [1.82, 2.24) is 14.9 Å². The molecule has 0 aliphatic heterocycles. The molecule has 6 nitrogen and oxygen atoms in total. The molecule has 0 unspecified atom stereocenters. The van der Waals surface area contributed by atoms with Crippen LogP contribution >= 0.6 is 0 Å². The average molecular weight is 341 g/mol. The Morgan fingerprint density at radius 2 is 2.08 bits per heavy atom. The largest absolute Gasteiger partial charge is 0.469 e. The lowest BCUT2D eigenvalue weighted by molar-refractivity contribution is -0.148. The number of para-hydroxylation sites is 2. The minimum absolute atomic E-state index is 0.00997. The lowest BCUT2D eigenvalue weighted by atomic mass is 9.84. The van der Waals surface area contributed by atoms with Crippen LogP contribution in [0.1, 0.15) is 25.7 Å². The Bertz CT molecular complexity index is 800. The van der Waals surface area contributed by atoms with Gasteiger partial charge in [-0.2, -0.15) is 0 Å². The third-order valence-corrected chi connectivity index (χ3v) is 5.82. The number of nitrogens with zero attached hydrogens (tertiary/aromatic N) is 2. The summed E-state index contributed by atoms with van der Waals surface area (Å²) in [5, 5.41) is 3.11.